The van der Waals surface area contributed by atoms with Crippen molar-refractivity contribution in [1.29, 1.82) is 0 Å². The molecular formula is C24H50NO6P+2. The monoisotopic (exact) mass is 479 g/mol. The molecule has 2 unspecified atom stereocenters. The molecule has 0 radical (unpaired) electrons. The number of hydrogen-bond donors (Lipinski definition) is 1. The molecule has 32 heavy (non-hydrogen) atoms. The van der Waals surface area contributed by atoms with Crippen LogP contribution in [0.3, 0.4) is 0 Å². The Morgan fingerprint density at radius 1 is 0.812 bits per heavy atom. The highest BCUT2D eigenvalue weighted by Crippen LogP contribution is 2.23. The standard InChI is InChI=1S/C24H50NO6P/c1-5-6-7-8-9-10-11-12-13-14-15-16-17-18-24(27)29-21-23(26)22-31-32(28)30-20-19-25(2,3)4/h23,26H,5-22H2,1-4H3/q+2. The molecule has 7 nitrogen and oxygen atoms in total. The Morgan fingerprint density at radius 3 is 1.81 bits per heavy atom. The average molecular weight is 480 g/mol. The van der Waals surface area contributed by atoms with Gasteiger partial charge in [-0.25, -0.2) is 0 Å². The predicted octanol–water partition coefficient (Wildman–Crippen LogP) is 5.77. The van der Waals surface area contributed by atoms with Crippen LogP contribution >= 0.6 is 8.25 Å². The lowest BCUT2D eigenvalue weighted by Crippen LogP contribution is -2.37. The molecule has 190 valence electrons. The molecule has 0 saturated heterocycles. The lowest BCUT2D eigenvalue weighted by Gasteiger charge is -2.21. The topological polar surface area (TPSA) is 82.1 Å². The first-order chi connectivity index (χ1) is 15.2. The maximum atomic E-state index is 11.8. The average Bonchev–Trinajstić information content (AvgIpc) is 2.73. The third-order valence-corrected chi connectivity index (χ3v) is 6.01. The van der Waals surface area contributed by atoms with Crippen LogP contribution in [0.4, 0.5) is 0 Å². The van der Waals surface area contributed by atoms with Crippen molar-refractivity contribution < 1.29 is 32.7 Å². The minimum Gasteiger partial charge on any atom is -0.463 e. The molecule has 0 aromatic carbocycles. The zero-order chi connectivity index (χ0) is 24.1. The second kappa shape index (κ2) is 21.0. The summed E-state index contributed by atoms with van der Waals surface area (Å²) in [5.41, 5.74) is 0. The molecule has 0 fully saturated rings. The summed E-state index contributed by atoms with van der Waals surface area (Å²) in [6.45, 7) is 2.92. The fourth-order valence-corrected chi connectivity index (χ4v) is 3.77. The summed E-state index contributed by atoms with van der Waals surface area (Å²) in [7, 11) is 3.75. The van der Waals surface area contributed by atoms with Crippen LogP contribution in [0.5, 0.6) is 0 Å². The normalized spacial score (nSPS) is 13.2. The second-order valence-electron chi connectivity index (χ2n) is 9.70. The van der Waals surface area contributed by atoms with Crippen LogP contribution in [0.2, 0.25) is 0 Å². The summed E-state index contributed by atoms with van der Waals surface area (Å²) in [5.74, 6) is -0.310. The molecule has 0 heterocycles. The van der Waals surface area contributed by atoms with Gasteiger partial charge in [0.15, 0.2) is 6.61 Å². The molecule has 0 aliphatic carbocycles. The first-order valence-corrected chi connectivity index (χ1v) is 13.7. The third kappa shape index (κ3) is 24.1. The summed E-state index contributed by atoms with van der Waals surface area (Å²) in [4.78, 5) is 11.8. The number of aliphatic hydroxyl groups excluding tert-OH is 1. The van der Waals surface area contributed by atoms with Crippen LogP contribution in [0, 0.1) is 0 Å². The molecule has 0 amide bonds. The van der Waals surface area contributed by atoms with Crippen LogP contribution in [0.15, 0.2) is 0 Å². The molecule has 0 saturated carbocycles. The highest BCUT2D eigenvalue weighted by molar-refractivity contribution is 7.33. The maximum Gasteiger partial charge on any atom is 0.697 e. The van der Waals surface area contributed by atoms with Gasteiger partial charge in [0.2, 0.25) is 0 Å². The molecule has 0 aromatic rings. The number of nitrogens with zero attached hydrogens (tertiary/aromatic N) is 1. The van der Waals surface area contributed by atoms with Crippen molar-refractivity contribution in [2.75, 3.05) is 47.5 Å². The van der Waals surface area contributed by atoms with E-state index in [-0.39, 0.29) is 19.2 Å². The van der Waals surface area contributed by atoms with E-state index >= 15 is 0 Å². The fourth-order valence-electron chi connectivity index (χ4n) is 3.17. The van der Waals surface area contributed by atoms with Crippen molar-refractivity contribution in [3.63, 3.8) is 0 Å². The number of carbonyl (C=O) groups is 1. The number of hydrogen-bond acceptors (Lipinski definition) is 6. The number of quaternary nitrogens is 1. The number of ether oxygens (including phenoxy) is 1. The Balaban J connectivity index is 3.45. The zero-order valence-corrected chi connectivity index (χ0v) is 22.1. The second-order valence-corrected chi connectivity index (χ2v) is 10.7. The van der Waals surface area contributed by atoms with Crippen molar-refractivity contribution >= 4 is 14.2 Å². The molecule has 0 bridgehead atoms. The van der Waals surface area contributed by atoms with E-state index in [9.17, 15) is 14.5 Å². The molecular weight excluding hydrogens is 429 g/mol. The highest BCUT2D eigenvalue weighted by Gasteiger charge is 2.24. The van der Waals surface area contributed by atoms with E-state index in [4.69, 9.17) is 13.8 Å². The quantitative estimate of drug-likeness (QED) is 0.0867. The fraction of sp³-hybridized carbons (Fsp3) is 0.958. The third-order valence-electron chi connectivity index (χ3n) is 5.25. The van der Waals surface area contributed by atoms with Gasteiger partial charge in [0.25, 0.3) is 0 Å². The maximum absolute atomic E-state index is 11.8. The molecule has 0 rings (SSSR count). The Bertz CT molecular complexity index is 470. The van der Waals surface area contributed by atoms with Gasteiger partial charge >= 0.3 is 14.2 Å². The molecule has 0 spiro atoms. The van der Waals surface area contributed by atoms with E-state index in [1.54, 1.807) is 0 Å². The molecule has 0 aliphatic heterocycles. The number of unbranched alkanes of at least 4 members (excludes halogenated alkanes) is 12. The van der Waals surface area contributed by atoms with Crippen LogP contribution < -0.4 is 0 Å². The van der Waals surface area contributed by atoms with E-state index in [2.05, 4.69) is 6.92 Å². The zero-order valence-electron chi connectivity index (χ0n) is 21.2. The molecule has 1 N–H and O–H groups in total. The lowest BCUT2D eigenvalue weighted by atomic mass is 10.0. The van der Waals surface area contributed by atoms with Gasteiger partial charge in [0, 0.05) is 11.0 Å². The molecule has 2 atom stereocenters. The number of carbonyl (C=O) groups excluding carboxylic acids is 1. The molecule has 0 aliphatic rings. The van der Waals surface area contributed by atoms with Gasteiger partial charge in [0.05, 0.1) is 21.1 Å². The summed E-state index contributed by atoms with van der Waals surface area (Å²) in [5, 5.41) is 9.80. The van der Waals surface area contributed by atoms with Gasteiger partial charge in [-0.3, -0.25) is 4.79 Å². The Morgan fingerprint density at radius 2 is 1.31 bits per heavy atom. The molecule has 8 heteroatoms. The van der Waals surface area contributed by atoms with Crippen molar-refractivity contribution in [2.24, 2.45) is 0 Å². The summed E-state index contributed by atoms with van der Waals surface area (Å²) < 4.78 is 27.4. The van der Waals surface area contributed by atoms with Gasteiger partial charge in [-0.05, 0) is 6.42 Å². The molecule has 0 aromatic heterocycles. The van der Waals surface area contributed by atoms with Crippen molar-refractivity contribution in [3.05, 3.63) is 0 Å². The van der Waals surface area contributed by atoms with E-state index in [1.165, 1.54) is 64.2 Å². The van der Waals surface area contributed by atoms with Crippen LogP contribution in [0.25, 0.3) is 0 Å². The predicted molar refractivity (Wildman–Crippen MR) is 130 cm³/mol. The number of rotatable bonds is 23. The summed E-state index contributed by atoms with van der Waals surface area (Å²) in [6.07, 6.45) is 15.8. The van der Waals surface area contributed by atoms with Crippen molar-refractivity contribution in [1.82, 2.24) is 0 Å². The van der Waals surface area contributed by atoms with Gasteiger partial charge in [-0.1, -0.05) is 84.0 Å². The number of esters is 1. The van der Waals surface area contributed by atoms with E-state index < -0.39 is 14.4 Å². The Hall–Kier alpha value is -0.590. The van der Waals surface area contributed by atoms with Gasteiger partial charge in [0.1, 0.15) is 25.9 Å². The Kier molecular flexibility index (Phi) is 20.6. The van der Waals surface area contributed by atoms with Crippen LogP contribution in [-0.2, 0) is 23.1 Å². The van der Waals surface area contributed by atoms with Crippen LogP contribution in [-0.4, -0.2) is 69.2 Å². The van der Waals surface area contributed by atoms with E-state index in [0.29, 0.717) is 24.1 Å². The SMILES string of the molecule is CCCCCCCCCCCCCCCC(=O)OCC(O)CO[P+](=O)OCC[N+](C)(C)C. The first kappa shape index (κ1) is 31.4. The lowest BCUT2D eigenvalue weighted by molar-refractivity contribution is -0.870. The minimum absolute atomic E-state index is 0.153. The number of aliphatic hydroxyl groups is 1. The van der Waals surface area contributed by atoms with E-state index in [1.807, 2.05) is 21.1 Å². The summed E-state index contributed by atoms with van der Waals surface area (Å²) >= 11 is 0. The minimum atomic E-state index is -2.28. The van der Waals surface area contributed by atoms with Crippen molar-refractivity contribution in [3.8, 4) is 0 Å². The van der Waals surface area contributed by atoms with Crippen molar-refractivity contribution in [2.45, 2.75) is 103 Å². The van der Waals surface area contributed by atoms with Gasteiger partial charge in [-0.15, -0.1) is 9.05 Å². The van der Waals surface area contributed by atoms with Gasteiger partial charge in [-0.2, -0.15) is 0 Å². The summed E-state index contributed by atoms with van der Waals surface area (Å²) in [6, 6.07) is 0. The van der Waals surface area contributed by atoms with E-state index in [0.717, 1.165) is 19.3 Å². The Labute approximate surface area is 197 Å². The largest absolute Gasteiger partial charge is 0.697 e. The highest BCUT2D eigenvalue weighted by atomic mass is 31.1. The first-order valence-electron chi connectivity index (χ1n) is 12.6. The van der Waals surface area contributed by atoms with Crippen LogP contribution in [0.1, 0.15) is 96.8 Å². The van der Waals surface area contributed by atoms with Gasteiger partial charge < -0.3 is 14.3 Å². The number of likely N-dealkylation sites (N-methyl/N-ethyl adjacent to an activating group) is 1. The smallest absolute Gasteiger partial charge is 0.463 e.